The van der Waals surface area contributed by atoms with Crippen LogP contribution in [0.15, 0.2) is 12.4 Å². The van der Waals surface area contributed by atoms with Crippen molar-refractivity contribution in [3.05, 3.63) is 12.4 Å². The maximum atomic E-state index is 12.4. The van der Waals surface area contributed by atoms with Crippen LogP contribution < -0.4 is 11.1 Å². The van der Waals surface area contributed by atoms with Gasteiger partial charge in [-0.25, -0.2) is 4.79 Å². The second-order valence-corrected chi connectivity index (χ2v) is 6.95. The molecule has 0 aliphatic carbocycles. The van der Waals surface area contributed by atoms with Crippen molar-refractivity contribution in [3.63, 3.8) is 0 Å². The van der Waals surface area contributed by atoms with Gasteiger partial charge in [-0.15, -0.1) is 0 Å². The molecule has 22 heavy (non-hydrogen) atoms. The van der Waals surface area contributed by atoms with Gasteiger partial charge in [0.1, 0.15) is 0 Å². The minimum absolute atomic E-state index is 0.0910. The smallest absolute Gasteiger partial charge is 0.322 e. The van der Waals surface area contributed by atoms with Crippen LogP contribution in [0.2, 0.25) is 0 Å². The predicted molar refractivity (Wildman–Crippen MR) is 84.3 cm³/mol. The second-order valence-electron chi connectivity index (χ2n) is 6.95. The highest BCUT2D eigenvalue weighted by molar-refractivity contribution is 5.90. The monoisotopic (exact) mass is 307 g/mol. The number of rotatable bonds is 2. The molecule has 0 unspecified atom stereocenters. The minimum Gasteiger partial charge on any atom is -0.369 e. The zero-order chi connectivity index (χ0) is 16.5. The number of carbonyl (C=O) groups excluding carboxylic acids is 2. The lowest BCUT2D eigenvalue weighted by Gasteiger charge is -2.36. The van der Waals surface area contributed by atoms with Crippen LogP contribution >= 0.6 is 0 Å². The van der Waals surface area contributed by atoms with E-state index in [1.165, 1.54) is 0 Å². The molecule has 1 aromatic rings. The molecule has 7 heteroatoms. The van der Waals surface area contributed by atoms with Crippen molar-refractivity contribution in [1.82, 2.24) is 14.7 Å². The molecule has 3 N–H and O–H groups in total. The lowest BCUT2D eigenvalue weighted by Crippen LogP contribution is -2.50. The van der Waals surface area contributed by atoms with Crippen molar-refractivity contribution in [2.45, 2.75) is 52.1 Å². The number of nitrogens with two attached hydrogens (primary N) is 1. The number of hydrogen-bond acceptors (Lipinski definition) is 3. The molecule has 1 fully saturated rings. The van der Waals surface area contributed by atoms with Crippen LogP contribution in [0, 0.1) is 5.92 Å². The summed E-state index contributed by atoms with van der Waals surface area (Å²) in [4.78, 5) is 25.5. The fraction of sp³-hybridized carbons (Fsp3) is 0.667. The SMILES string of the molecule is C[C@@H]1CC[C@H](C(N)=O)CN1C(=O)Nc1cnn(C(C)(C)C)c1. The Kier molecular flexibility index (Phi) is 4.44. The van der Waals surface area contributed by atoms with Gasteiger partial charge in [0.25, 0.3) is 0 Å². The molecule has 0 bridgehead atoms. The summed E-state index contributed by atoms with van der Waals surface area (Å²) in [7, 11) is 0. The second kappa shape index (κ2) is 5.98. The van der Waals surface area contributed by atoms with Gasteiger partial charge >= 0.3 is 6.03 Å². The number of anilines is 1. The van der Waals surface area contributed by atoms with Gasteiger partial charge in [0.05, 0.1) is 23.3 Å². The molecule has 1 aliphatic heterocycles. The third kappa shape index (κ3) is 3.58. The highest BCUT2D eigenvalue weighted by Gasteiger charge is 2.31. The van der Waals surface area contributed by atoms with Crippen LogP contribution in [0.5, 0.6) is 0 Å². The van der Waals surface area contributed by atoms with E-state index in [2.05, 4.69) is 10.4 Å². The Labute approximate surface area is 130 Å². The molecule has 0 saturated carbocycles. The Morgan fingerprint density at radius 2 is 2.05 bits per heavy atom. The number of hydrogen-bond donors (Lipinski definition) is 2. The topological polar surface area (TPSA) is 93.2 Å². The van der Waals surface area contributed by atoms with Gasteiger partial charge in [-0.1, -0.05) is 0 Å². The number of aromatic nitrogens is 2. The van der Waals surface area contributed by atoms with E-state index in [0.29, 0.717) is 12.2 Å². The Balaban J connectivity index is 2.04. The number of carbonyl (C=O) groups is 2. The van der Waals surface area contributed by atoms with E-state index in [1.807, 2.05) is 27.7 Å². The summed E-state index contributed by atoms with van der Waals surface area (Å²) in [6, 6.07) is -0.125. The molecule has 122 valence electrons. The van der Waals surface area contributed by atoms with Crippen LogP contribution in [0.3, 0.4) is 0 Å². The number of urea groups is 1. The van der Waals surface area contributed by atoms with E-state index in [4.69, 9.17) is 5.73 Å². The quantitative estimate of drug-likeness (QED) is 0.871. The largest absolute Gasteiger partial charge is 0.369 e. The molecular weight excluding hydrogens is 282 g/mol. The van der Waals surface area contributed by atoms with Gasteiger partial charge in [-0.2, -0.15) is 5.10 Å². The van der Waals surface area contributed by atoms with Crippen LogP contribution in [-0.2, 0) is 10.3 Å². The summed E-state index contributed by atoms with van der Waals surface area (Å²) in [5, 5.41) is 7.10. The normalized spacial score (nSPS) is 22.5. The van der Waals surface area contributed by atoms with E-state index >= 15 is 0 Å². The molecule has 1 aliphatic rings. The Bertz CT molecular complexity index is 561. The maximum Gasteiger partial charge on any atom is 0.322 e. The summed E-state index contributed by atoms with van der Waals surface area (Å²) >= 11 is 0. The number of piperidine rings is 1. The maximum absolute atomic E-state index is 12.4. The summed E-state index contributed by atoms with van der Waals surface area (Å²) in [5.41, 5.74) is 5.87. The molecule has 7 nitrogen and oxygen atoms in total. The zero-order valence-electron chi connectivity index (χ0n) is 13.7. The number of likely N-dealkylation sites (tertiary alicyclic amines) is 1. The van der Waals surface area contributed by atoms with Gasteiger partial charge in [-0.05, 0) is 40.5 Å². The lowest BCUT2D eigenvalue weighted by atomic mass is 9.93. The van der Waals surface area contributed by atoms with Gasteiger partial charge in [0, 0.05) is 18.8 Å². The molecular formula is C15H25N5O2. The number of nitrogens with zero attached hydrogens (tertiary/aromatic N) is 3. The van der Waals surface area contributed by atoms with E-state index in [1.54, 1.807) is 22.0 Å². The first-order valence-corrected chi connectivity index (χ1v) is 7.60. The molecule has 2 rings (SSSR count). The van der Waals surface area contributed by atoms with Gasteiger partial charge in [-0.3, -0.25) is 9.48 Å². The minimum atomic E-state index is -0.342. The summed E-state index contributed by atoms with van der Waals surface area (Å²) in [5.74, 6) is -0.607. The lowest BCUT2D eigenvalue weighted by molar-refractivity contribution is -0.123. The average Bonchev–Trinajstić information content (AvgIpc) is 2.87. The molecule has 0 radical (unpaired) electrons. The molecule has 0 aromatic carbocycles. The third-order valence-electron chi connectivity index (χ3n) is 4.07. The highest BCUT2D eigenvalue weighted by atomic mass is 16.2. The van der Waals surface area contributed by atoms with E-state index < -0.39 is 0 Å². The van der Waals surface area contributed by atoms with Crippen LogP contribution in [0.4, 0.5) is 10.5 Å². The molecule has 1 aromatic heterocycles. The standard InChI is InChI=1S/C15H25N5O2/c1-10-5-6-11(13(16)21)8-19(10)14(22)18-12-7-17-20(9-12)15(2,3)4/h7,9-11H,5-6,8H2,1-4H3,(H2,16,21)(H,18,22)/t10-,11+/m1/s1. The number of nitrogens with one attached hydrogen (secondary N) is 1. The van der Waals surface area contributed by atoms with Crippen molar-refractivity contribution >= 4 is 17.6 Å². The molecule has 3 amide bonds. The fourth-order valence-corrected chi connectivity index (χ4v) is 2.57. The summed E-state index contributed by atoms with van der Waals surface area (Å²) < 4.78 is 1.80. The first-order valence-electron chi connectivity index (χ1n) is 7.60. The van der Waals surface area contributed by atoms with Crippen molar-refractivity contribution < 1.29 is 9.59 Å². The number of amides is 3. The van der Waals surface area contributed by atoms with Gasteiger partial charge in [0.2, 0.25) is 5.91 Å². The average molecular weight is 307 g/mol. The Morgan fingerprint density at radius 3 is 2.59 bits per heavy atom. The van der Waals surface area contributed by atoms with Gasteiger partial charge in [0.15, 0.2) is 0 Å². The van der Waals surface area contributed by atoms with Gasteiger partial charge < -0.3 is 16.0 Å². The summed E-state index contributed by atoms with van der Waals surface area (Å²) in [6.45, 7) is 8.46. The van der Waals surface area contributed by atoms with Crippen molar-refractivity contribution in [3.8, 4) is 0 Å². The summed E-state index contributed by atoms with van der Waals surface area (Å²) in [6.07, 6.45) is 4.95. The van der Waals surface area contributed by atoms with E-state index in [-0.39, 0.29) is 29.4 Å². The highest BCUT2D eigenvalue weighted by Crippen LogP contribution is 2.23. The van der Waals surface area contributed by atoms with Crippen LogP contribution in [-0.4, -0.2) is 39.2 Å². The Hall–Kier alpha value is -2.05. The van der Waals surface area contributed by atoms with Crippen molar-refractivity contribution in [2.75, 3.05) is 11.9 Å². The van der Waals surface area contributed by atoms with Crippen molar-refractivity contribution in [1.29, 1.82) is 0 Å². The van der Waals surface area contributed by atoms with Crippen molar-refractivity contribution in [2.24, 2.45) is 11.7 Å². The van der Waals surface area contributed by atoms with Crippen LogP contribution in [0.25, 0.3) is 0 Å². The van der Waals surface area contributed by atoms with E-state index in [0.717, 1.165) is 12.8 Å². The Morgan fingerprint density at radius 1 is 1.36 bits per heavy atom. The van der Waals surface area contributed by atoms with E-state index in [9.17, 15) is 9.59 Å². The molecule has 2 atom stereocenters. The molecule has 1 saturated heterocycles. The van der Waals surface area contributed by atoms with Crippen LogP contribution in [0.1, 0.15) is 40.5 Å². The zero-order valence-corrected chi connectivity index (χ0v) is 13.7. The molecule has 0 spiro atoms. The first kappa shape index (κ1) is 16.3. The third-order valence-corrected chi connectivity index (χ3v) is 4.07. The fourth-order valence-electron chi connectivity index (χ4n) is 2.57. The number of primary amides is 1. The predicted octanol–water partition coefficient (Wildman–Crippen LogP) is 1.76. The molecule has 2 heterocycles. The first-order chi connectivity index (χ1) is 10.2.